The number of benzene rings is 1. The van der Waals surface area contributed by atoms with Crippen molar-refractivity contribution in [2.45, 2.75) is 83.5 Å². The molecule has 0 bridgehead atoms. The van der Waals surface area contributed by atoms with Crippen LogP contribution in [0.25, 0.3) is 0 Å². The lowest BCUT2D eigenvalue weighted by molar-refractivity contribution is -0.191. The van der Waals surface area contributed by atoms with Gasteiger partial charge in [-0.3, -0.25) is 4.90 Å². The van der Waals surface area contributed by atoms with Gasteiger partial charge < -0.3 is 4.74 Å². The van der Waals surface area contributed by atoms with Gasteiger partial charge in [-0.05, 0) is 67.2 Å². The van der Waals surface area contributed by atoms with Gasteiger partial charge in [0.1, 0.15) is 0 Å². The van der Waals surface area contributed by atoms with Crippen LogP contribution in [0.2, 0.25) is 0 Å². The van der Waals surface area contributed by atoms with Gasteiger partial charge in [0.05, 0.1) is 11.7 Å². The molecular weight excluding hydrogens is 282 g/mol. The van der Waals surface area contributed by atoms with Gasteiger partial charge in [-0.2, -0.15) is 0 Å². The Kier molecular flexibility index (Phi) is 3.81. The van der Waals surface area contributed by atoms with E-state index in [9.17, 15) is 0 Å². The van der Waals surface area contributed by atoms with Crippen molar-refractivity contribution in [2.75, 3.05) is 13.1 Å². The van der Waals surface area contributed by atoms with E-state index in [-0.39, 0.29) is 5.60 Å². The zero-order valence-corrected chi connectivity index (χ0v) is 15.2. The molecule has 1 unspecified atom stereocenters. The lowest BCUT2D eigenvalue weighted by atomic mass is 9.87. The van der Waals surface area contributed by atoms with Gasteiger partial charge in [0.2, 0.25) is 0 Å². The van der Waals surface area contributed by atoms with Gasteiger partial charge >= 0.3 is 0 Å². The Morgan fingerprint density at radius 2 is 1.96 bits per heavy atom. The van der Waals surface area contributed by atoms with Crippen LogP contribution in [-0.2, 0) is 17.7 Å². The smallest absolute Gasteiger partial charge is 0.0736 e. The van der Waals surface area contributed by atoms with Crippen LogP contribution in [0.1, 0.15) is 81.0 Å². The Bertz CT molecular complexity index is 592. The predicted octanol–water partition coefficient (Wildman–Crippen LogP) is 4.61. The summed E-state index contributed by atoms with van der Waals surface area (Å²) in [5.74, 6) is 1.50. The van der Waals surface area contributed by atoms with Crippen molar-refractivity contribution in [3.8, 4) is 0 Å². The van der Waals surface area contributed by atoms with Gasteiger partial charge in [-0.1, -0.05) is 26.0 Å². The van der Waals surface area contributed by atoms with Crippen molar-refractivity contribution in [1.29, 1.82) is 0 Å². The number of fused-ring (bicyclic) bond motifs is 1. The van der Waals surface area contributed by atoms with E-state index in [1.807, 2.05) is 0 Å². The summed E-state index contributed by atoms with van der Waals surface area (Å²) in [6, 6.07) is 5.09. The van der Waals surface area contributed by atoms with E-state index in [4.69, 9.17) is 4.74 Å². The van der Waals surface area contributed by atoms with Crippen LogP contribution in [0.3, 0.4) is 0 Å². The standard InChI is InChI=1S/C21H31NO/c1-14(2)19-9-16-7-8-22(13-18-11-21(3,4)23-18)12-17(16)10-20(19)15-5-6-15/h9-10,14-15,18H,5-8,11-13H2,1-4H3. The maximum absolute atomic E-state index is 6.00. The van der Waals surface area contributed by atoms with E-state index >= 15 is 0 Å². The summed E-state index contributed by atoms with van der Waals surface area (Å²) in [7, 11) is 0. The van der Waals surface area contributed by atoms with E-state index in [1.54, 1.807) is 22.3 Å². The summed E-state index contributed by atoms with van der Waals surface area (Å²) in [5.41, 5.74) is 6.57. The number of rotatable bonds is 4. The zero-order chi connectivity index (χ0) is 16.2. The van der Waals surface area contributed by atoms with Crippen LogP contribution in [0.5, 0.6) is 0 Å². The number of hydrogen-bond acceptors (Lipinski definition) is 2. The summed E-state index contributed by atoms with van der Waals surface area (Å²) in [4.78, 5) is 2.61. The summed E-state index contributed by atoms with van der Waals surface area (Å²) < 4.78 is 6.00. The van der Waals surface area contributed by atoms with E-state index in [0.717, 1.165) is 19.0 Å². The van der Waals surface area contributed by atoms with E-state index in [0.29, 0.717) is 12.0 Å². The molecule has 1 saturated carbocycles. The number of nitrogens with zero attached hydrogens (tertiary/aromatic N) is 1. The first-order valence-electron chi connectivity index (χ1n) is 9.47. The minimum Gasteiger partial charge on any atom is -0.371 e. The fourth-order valence-electron chi connectivity index (χ4n) is 4.49. The topological polar surface area (TPSA) is 12.5 Å². The molecule has 2 heteroatoms. The molecular formula is C21H31NO. The average molecular weight is 313 g/mol. The molecule has 126 valence electrons. The first-order chi connectivity index (χ1) is 10.9. The third-order valence-corrected chi connectivity index (χ3v) is 5.80. The molecule has 0 aromatic heterocycles. The summed E-state index contributed by atoms with van der Waals surface area (Å²) in [6.07, 6.45) is 5.65. The van der Waals surface area contributed by atoms with Crippen LogP contribution in [0.4, 0.5) is 0 Å². The van der Waals surface area contributed by atoms with Gasteiger partial charge in [-0.15, -0.1) is 0 Å². The highest BCUT2D eigenvalue weighted by molar-refractivity contribution is 5.44. The quantitative estimate of drug-likeness (QED) is 0.804. The van der Waals surface area contributed by atoms with Crippen molar-refractivity contribution in [3.63, 3.8) is 0 Å². The molecule has 0 radical (unpaired) electrons. The normalized spacial score (nSPS) is 26.9. The molecule has 1 aromatic carbocycles. The average Bonchev–Trinajstić information content (AvgIpc) is 3.28. The van der Waals surface area contributed by atoms with Crippen LogP contribution >= 0.6 is 0 Å². The van der Waals surface area contributed by atoms with Crippen LogP contribution in [-0.4, -0.2) is 29.7 Å². The third kappa shape index (κ3) is 3.21. The minimum absolute atomic E-state index is 0.115. The molecule has 3 aliphatic rings. The van der Waals surface area contributed by atoms with Gasteiger partial charge in [-0.25, -0.2) is 0 Å². The Morgan fingerprint density at radius 3 is 2.57 bits per heavy atom. The van der Waals surface area contributed by atoms with Crippen LogP contribution in [0, 0.1) is 0 Å². The Hall–Kier alpha value is -0.860. The Morgan fingerprint density at radius 1 is 1.22 bits per heavy atom. The lowest BCUT2D eigenvalue weighted by Crippen LogP contribution is -2.51. The van der Waals surface area contributed by atoms with Gasteiger partial charge in [0.25, 0.3) is 0 Å². The number of ether oxygens (including phenoxy) is 1. The van der Waals surface area contributed by atoms with E-state index in [1.165, 1.54) is 32.2 Å². The molecule has 2 aliphatic heterocycles. The van der Waals surface area contributed by atoms with Crippen molar-refractivity contribution in [3.05, 3.63) is 34.4 Å². The molecule has 1 saturated heterocycles. The highest BCUT2D eigenvalue weighted by atomic mass is 16.5. The molecule has 0 amide bonds. The van der Waals surface area contributed by atoms with Crippen molar-refractivity contribution in [2.24, 2.45) is 0 Å². The lowest BCUT2D eigenvalue weighted by Gasteiger charge is -2.45. The molecule has 0 N–H and O–H groups in total. The predicted molar refractivity (Wildman–Crippen MR) is 95.1 cm³/mol. The molecule has 1 atom stereocenters. The molecule has 2 heterocycles. The van der Waals surface area contributed by atoms with Crippen molar-refractivity contribution >= 4 is 0 Å². The highest BCUT2D eigenvalue weighted by Crippen LogP contribution is 2.44. The third-order valence-electron chi connectivity index (χ3n) is 5.80. The van der Waals surface area contributed by atoms with E-state index < -0.39 is 0 Å². The first-order valence-corrected chi connectivity index (χ1v) is 9.47. The maximum atomic E-state index is 6.00. The van der Waals surface area contributed by atoms with Crippen molar-refractivity contribution in [1.82, 2.24) is 4.90 Å². The molecule has 2 fully saturated rings. The molecule has 0 spiro atoms. The zero-order valence-electron chi connectivity index (χ0n) is 15.2. The fraction of sp³-hybridized carbons (Fsp3) is 0.714. The second-order valence-corrected chi connectivity index (χ2v) is 8.87. The fourth-order valence-corrected chi connectivity index (χ4v) is 4.49. The molecule has 1 aliphatic carbocycles. The number of hydrogen-bond donors (Lipinski definition) is 0. The summed E-state index contributed by atoms with van der Waals surface area (Å²) in [5, 5.41) is 0. The van der Waals surface area contributed by atoms with Crippen LogP contribution in [0.15, 0.2) is 12.1 Å². The SMILES string of the molecule is CC(C)c1cc2c(cc1C1CC1)CN(CC1CC(C)(C)O1)CC2. The monoisotopic (exact) mass is 313 g/mol. The summed E-state index contributed by atoms with van der Waals surface area (Å²) >= 11 is 0. The first kappa shape index (κ1) is 15.7. The molecule has 4 rings (SSSR count). The van der Waals surface area contributed by atoms with E-state index in [2.05, 4.69) is 44.7 Å². The molecule has 23 heavy (non-hydrogen) atoms. The molecule has 2 nitrogen and oxygen atoms in total. The Balaban J connectivity index is 1.49. The minimum atomic E-state index is 0.115. The van der Waals surface area contributed by atoms with Crippen LogP contribution < -0.4 is 0 Å². The van der Waals surface area contributed by atoms with Gasteiger partial charge in [0, 0.05) is 26.1 Å². The summed E-state index contributed by atoms with van der Waals surface area (Å²) in [6.45, 7) is 12.5. The van der Waals surface area contributed by atoms with Gasteiger partial charge in [0.15, 0.2) is 0 Å². The second kappa shape index (κ2) is 5.60. The highest BCUT2D eigenvalue weighted by Gasteiger charge is 2.38. The largest absolute Gasteiger partial charge is 0.371 e. The molecule has 1 aromatic rings. The maximum Gasteiger partial charge on any atom is 0.0736 e. The Labute approximate surface area is 141 Å². The van der Waals surface area contributed by atoms with Crippen molar-refractivity contribution < 1.29 is 4.74 Å². The second-order valence-electron chi connectivity index (χ2n) is 8.87.